The third kappa shape index (κ3) is 5.05. The van der Waals surface area contributed by atoms with Crippen LogP contribution in [0.2, 0.25) is 0 Å². The predicted octanol–water partition coefficient (Wildman–Crippen LogP) is 2.71. The normalized spacial score (nSPS) is 11.6. The molecule has 1 heterocycles. The Bertz CT molecular complexity index is 824. The second kappa shape index (κ2) is 8.46. The van der Waals surface area contributed by atoms with Crippen LogP contribution in [0.5, 0.6) is 11.5 Å². The van der Waals surface area contributed by atoms with Gasteiger partial charge in [-0.1, -0.05) is 27.7 Å². The molecule has 0 spiro atoms. The summed E-state index contributed by atoms with van der Waals surface area (Å²) in [6.07, 6.45) is 2.50. The molecule has 0 saturated heterocycles. The molecule has 2 aromatic rings. The van der Waals surface area contributed by atoms with Crippen LogP contribution in [0.15, 0.2) is 28.1 Å². The maximum Gasteiger partial charge on any atom is 0.274 e. The van der Waals surface area contributed by atoms with Gasteiger partial charge in [-0.25, -0.2) is 5.43 Å². The molecule has 140 valence electrons. The van der Waals surface area contributed by atoms with Crippen LogP contribution in [0, 0.1) is 0 Å². The number of hydrogen-bond acceptors (Lipinski definition) is 7. The van der Waals surface area contributed by atoms with Gasteiger partial charge in [0.1, 0.15) is 5.69 Å². The molecule has 2 N–H and O–H groups in total. The fourth-order valence-electron chi connectivity index (χ4n) is 2.14. The van der Waals surface area contributed by atoms with Crippen molar-refractivity contribution in [3.05, 3.63) is 39.8 Å². The Morgan fingerprint density at radius 3 is 2.65 bits per heavy atom. The average molecular weight is 359 g/mol. The van der Waals surface area contributed by atoms with Crippen LogP contribution in [0.25, 0.3) is 0 Å². The summed E-state index contributed by atoms with van der Waals surface area (Å²) in [6.45, 7) is 8.35. The molecule has 0 fully saturated rings. The number of methoxy groups -OCH3 is 1. The molecule has 26 heavy (non-hydrogen) atoms. The van der Waals surface area contributed by atoms with Crippen molar-refractivity contribution in [3.63, 3.8) is 0 Å². The van der Waals surface area contributed by atoms with E-state index in [0.717, 1.165) is 12.0 Å². The number of nitrogens with one attached hydrogen (secondary N) is 2. The highest BCUT2D eigenvalue weighted by atomic mass is 16.5. The molecule has 8 heteroatoms. The van der Waals surface area contributed by atoms with E-state index in [0.29, 0.717) is 23.8 Å². The molecule has 1 aromatic carbocycles. The predicted molar refractivity (Wildman–Crippen MR) is 101 cm³/mol. The molecule has 0 amide bonds. The smallest absolute Gasteiger partial charge is 0.274 e. The Balaban J connectivity index is 2.11. The highest BCUT2D eigenvalue weighted by molar-refractivity contribution is 5.81. The molecule has 0 aliphatic carbocycles. The van der Waals surface area contributed by atoms with Crippen LogP contribution in [0.4, 0.5) is 5.95 Å². The summed E-state index contributed by atoms with van der Waals surface area (Å²) in [5.74, 6) is 1.49. The Labute approximate surface area is 152 Å². The quantitative estimate of drug-likeness (QED) is 0.582. The molecule has 0 saturated carbocycles. The number of aromatic amines is 1. The Kier molecular flexibility index (Phi) is 6.32. The Morgan fingerprint density at radius 1 is 1.27 bits per heavy atom. The maximum atomic E-state index is 12.1. The largest absolute Gasteiger partial charge is 0.493 e. The number of ether oxygens (including phenoxy) is 2. The summed E-state index contributed by atoms with van der Waals surface area (Å²) in [7, 11) is 1.60. The van der Waals surface area contributed by atoms with E-state index in [4.69, 9.17) is 9.47 Å². The number of nitrogens with zero attached hydrogens (tertiary/aromatic N) is 3. The number of hydrogen-bond donors (Lipinski definition) is 2. The number of H-pyrrole nitrogens is 1. The van der Waals surface area contributed by atoms with Crippen molar-refractivity contribution in [1.29, 1.82) is 0 Å². The van der Waals surface area contributed by atoms with Crippen LogP contribution in [-0.2, 0) is 5.41 Å². The Hall–Kier alpha value is -2.90. The van der Waals surface area contributed by atoms with Gasteiger partial charge in [0, 0.05) is 5.41 Å². The van der Waals surface area contributed by atoms with Gasteiger partial charge in [-0.3, -0.25) is 9.78 Å². The van der Waals surface area contributed by atoms with Crippen molar-refractivity contribution >= 4 is 12.2 Å². The van der Waals surface area contributed by atoms with E-state index < -0.39 is 0 Å². The van der Waals surface area contributed by atoms with E-state index in [-0.39, 0.29) is 16.9 Å². The highest BCUT2D eigenvalue weighted by Crippen LogP contribution is 2.27. The first-order chi connectivity index (χ1) is 12.3. The first-order valence-corrected chi connectivity index (χ1v) is 8.42. The van der Waals surface area contributed by atoms with Crippen molar-refractivity contribution in [2.24, 2.45) is 5.10 Å². The lowest BCUT2D eigenvalue weighted by molar-refractivity contribution is 0.294. The van der Waals surface area contributed by atoms with Gasteiger partial charge < -0.3 is 9.47 Å². The first-order valence-electron chi connectivity index (χ1n) is 8.42. The van der Waals surface area contributed by atoms with Gasteiger partial charge in [-0.2, -0.15) is 5.10 Å². The van der Waals surface area contributed by atoms with Crippen molar-refractivity contribution < 1.29 is 9.47 Å². The van der Waals surface area contributed by atoms with Crippen LogP contribution >= 0.6 is 0 Å². The van der Waals surface area contributed by atoms with Crippen LogP contribution in [0.3, 0.4) is 0 Å². The number of anilines is 1. The number of benzene rings is 1. The molecule has 0 bridgehead atoms. The molecule has 0 atom stereocenters. The van der Waals surface area contributed by atoms with Gasteiger partial charge in [0.25, 0.3) is 5.56 Å². The fourth-order valence-corrected chi connectivity index (χ4v) is 2.14. The molecule has 0 aliphatic heterocycles. The van der Waals surface area contributed by atoms with Crippen molar-refractivity contribution in [1.82, 2.24) is 15.2 Å². The van der Waals surface area contributed by atoms with Crippen molar-refractivity contribution in [2.45, 2.75) is 39.5 Å². The fraction of sp³-hybridized carbons (Fsp3) is 0.444. The molecule has 0 aliphatic rings. The van der Waals surface area contributed by atoms with E-state index in [2.05, 4.69) is 25.7 Å². The van der Waals surface area contributed by atoms with Gasteiger partial charge in [0.05, 0.1) is 19.9 Å². The summed E-state index contributed by atoms with van der Waals surface area (Å²) in [6, 6.07) is 5.49. The van der Waals surface area contributed by atoms with Crippen molar-refractivity contribution in [2.75, 3.05) is 19.1 Å². The summed E-state index contributed by atoms with van der Waals surface area (Å²) in [5, 5.41) is 12.0. The molecular formula is C18H25N5O3. The van der Waals surface area contributed by atoms with E-state index in [9.17, 15) is 4.79 Å². The van der Waals surface area contributed by atoms with Crippen LogP contribution < -0.4 is 20.5 Å². The number of hydrazone groups is 1. The van der Waals surface area contributed by atoms with Crippen LogP contribution in [0.1, 0.15) is 45.4 Å². The topological polar surface area (TPSA) is 101 Å². The zero-order valence-electron chi connectivity index (χ0n) is 15.8. The molecule has 0 unspecified atom stereocenters. The minimum Gasteiger partial charge on any atom is -0.493 e. The minimum atomic E-state index is -0.375. The summed E-state index contributed by atoms with van der Waals surface area (Å²) >= 11 is 0. The van der Waals surface area contributed by atoms with E-state index >= 15 is 0 Å². The lowest BCUT2D eigenvalue weighted by atomic mass is 9.93. The third-order valence-electron chi connectivity index (χ3n) is 3.44. The van der Waals surface area contributed by atoms with Gasteiger partial charge >= 0.3 is 0 Å². The van der Waals surface area contributed by atoms with Gasteiger partial charge in [0.2, 0.25) is 5.95 Å². The maximum absolute atomic E-state index is 12.1. The lowest BCUT2D eigenvalue weighted by Crippen LogP contribution is -2.28. The average Bonchev–Trinajstić information content (AvgIpc) is 2.59. The lowest BCUT2D eigenvalue weighted by Gasteiger charge is -2.15. The first kappa shape index (κ1) is 19.4. The molecule has 2 rings (SSSR count). The van der Waals surface area contributed by atoms with Gasteiger partial charge in [-0.05, 0) is 30.2 Å². The molecule has 0 radical (unpaired) electrons. The highest BCUT2D eigenvalue weighted by Gasteiger charge is 2.20. The second-order valence-electron chi connectivity index (χ2n) is 6.73. The van der Waals surface area contributed by atoms with Crippen LogP contribution in [-0.4, -0.2) is 35.1 Å². The van der Waals surface area contributed by atoms with Gasteiger partial charge in [-0.15, -0.1) is 10.2 Å². The molecule has 8 nitrogen and oxygen atoms in total. The monoisotopic (exact) mass is 359 g/mol. The third-order valence-corrected chi connectivity index (χ3v) is 3.44. The second-order valence-corrected chi connectivity index (χ2v) is 6.73. The number of rotatable bonds is 7. The molecular weight excluding hydrogens is 334 g/mol. The summed E-state index contributed by atoms with van der Waals surface area (Å²) in [4.78, 5) is 14.7. The van der Waals surface area contributed by atoms with Gasteiger partial charge in [0.15, 0.2) is 11.5 Å². The zero-order valence-corrected chi connectivity index (χ0v) is 15.8. The van der Waals surface area contributed by atoms with Crippen molar-refractivity contribution in [3.8, 4) is 11.5 Å². The zero-order chi connectivity index (χ0) is 19.2. The minimum absolute atomic E-state index is 0.176. The summed E-state index contributed by atoms with van der Waals surface area (Å²) in [5.41, 5.74) is 3.20. The standard InChI is InChI=1S/C18H25N5O3/c1-6-9-26-14-10-12(7-8-13(14)25-5)11-19-22-17-20-16(24)15(21-23-17)18(2,3)4/h7-8,10-11H,6,9H2,1-5H3,(H2,20,22,23,24)/b19-11+. The Morgan fingerprint density at radius 2 is 2.04 bits per heavy atom. The summed E-state index contributed by atoms with van der Waals surface area (Å²) < 4.78 is 10.9. The number of aromatic nitrogens is 3. The SMILES string of the molecule is CCCOc1cc(/C=N/Nc2nnc(C(C)(C)C)c(=O)[nH]2)ccc1OC. The molecule has 1 aromatic heterocycles. The van der Waals surface area contributed by atoms with E-state index in [1.807, 2.05) is 45.9 Å². The van der Waals surface area contributed by atoms with E-state index in [1.165, 1.54) is 0 Å². The van der Waals surface area contributed by atoms with E-state index in [1.54, 1.807) is 13.3 Å².